The maximum atomic E-state index is 13.5. The summed E-state index contributed by atoms with van der Waals surface area (Å²) in [5, 5.41) is 0. The Balaban J connectivity index is 1.33. The minimum Gasteiger partial charge on any atom is -0.443 e. The molecule has 0 aliphatic rings. The molecule has 376 valence electrons. The summed E-state index contributed by atoms with van der Waals surface area (Å²) in [7, 11) is 0. The highest BCUT2D eigenvalue weighted by molar-refractivity contribution is 5.82. The van der Waals surface area contributed by atoms with Gasteiger partial charge in [0.05, 0.1) is 28.2 Å². The summed E-state index contributed by atoms with van der Waals surface area (Å²) in [5.74, 6) is 0. The lowest BCUT2D eigenvalue weighted by atomic mass is 9.64. The van der Waals surface area contributed by atoms with Crippen molar-refractivity contribution in [3.63, 3.8) is 0 Å². The van der Waals surface area contributed by atoms with Crippen molar-refractivity contribution in [1.82, 2.24) is 18.3 Å². The van der Waals surface area contributed by atoms with Crippen LogP contribution in [-0.4, -0.2) is 65.0 Å². The summed E-state index contributed by atoms with van der Waals surface area (Å²) in [6.45, 7) is 22.0. The summed E-state index contributed by atoms with van der Waals surface area (Å²) >= 11 is 0. The monoisotopic (exact) mass is 980 g/mol. The van der Waals surface area contributed by atoms with Gasteiger partial charge in [0, 0.05) is 24.8 Å². The highest BCUT2D eigenvalue weighted by Crippen LogP contribution is 2.47. The fourth-order valence-electron chi connectivity index (χ4n) is 8.91. The molecule has 73 heavy (non-hydrogen) atoms. The number of benzene rings is 4. The molecule has 0 aliphatic carbocycles. The summed E-state index contributed by atoms with van der Waals surface area (Å²) in [4.78, 5) is 53.8. The molecule has 0 amide bonds. The number of nitrogens with zero attached hydrogens (tertiary/aromatic N) is 4. The van der Waals surface area contributed by atoms with E-state index >= 15 is 0 Å². The van der Waals surface area contributed by atoms with Crippen molar-refractivity contribution >= 4 is 24.4 Å². The molecular formula is C61H64N4O8. The van der Waals surface area contributed by atoms with Crippen LogP contribution in [0.2, 0.25) is 0 Å². The maximum absolute atomic E-state index is 13.5. The van der Waals surface area contributed by atoms with Crippen LogP contribution in [0.1, 0.15) is 105 Å². The number of carbonyl (C=O) groups excluding carboxylic acids is 4. The standard InChI is InChI=1S/C61H64N4O8/c1-57(2,3)70-53(66)62-37-13-17-49(62)41-21-29-45(30-22-41)61(46-31-23-42(24-32-46)50-18-14-38-63(50)54(67)71-58(4,5)6,47-33-25-43(26-34-47)51-19-15-39-64(51)55(68)72-59(7,8)9)48-35-27-44(28-36-48)52-20-16-40-65(52)56(69)73-60(10,11)12/h13-40H,1-12H3. The molecular weight excluding hydrogens is 917 g/mol. The molecule has 8 rings (SSSR count). The first-order chi connectivity index (χ1) is 34.3. The van der Waals surface area contributed by atoms with Crippen molar-refractivity contribution in [2.24, 2.45) is 0 Å². The van der Waals surface area contributed by atoms with Gasteiger partial charge in [-0.1, -0.05) is 97.1 Å². The second-order valence-electron chi connectivity index (χ2n) is 22.0. The van der Waals surface area contributed by atoms with Crippen molar-refractivity contribution in [2.75, 3.05) is 0 Å². The van der Waals surface area contributed by atoms with Gasteiger partial charge in [0.2, 0.25) is 0 Å². The SMILES string of the molecule is CC(C)(C)OC(=O)n1cccc1-c1ccc(C(c2ccc(-c3cccn3C(=O)OC(C)(C)C)cc2)(c2ccc(-c3cccn3C(=O)OC(C)(C)C)cc2)c2ccc(-c3cccn3C(=O)OC(C)(C)C)cc2)cc1. The second-order valence-corrected chi connectivity index (χ2v) is 22.0. The van der Waals surface area contributed by atoms with Gasteiger partial charge >= 0.3 is 24.4 Å². The van der Waals surface area contributed by atoms with Gasteiger partial charge in [-0.05, 0) is 176 Å². The number of aromatic nitrogens is 4. The number of hydrogen-bond acceptors (Lipinski definition) is 8. The molecule has 0 fully saturated rings. The smallest absolute Gasteiger partial charge is 0.418 e. The third kappa shape index (κ3) is 11.2. The van der Waals surface area contributed by atoms with Gasteiger partial charge in [-0.2, -0.15) is 0 Å². The highest BCUT2D eigenvalue weighted by atomic mass is 16.6. The van der Waals surface area contributed by atoms with Crippen LogP contribution in [-0.2, 0) is 24.4 Å². The van der Waals surface area contributed by atoms with Crippen LogP contribution >= 0.6 is 0 Å². The minimum atomic E-state index is -1.03. The van der Waals surface area contributed by atoms with Crippen molar-refractivity contribution in [1.29, 1.82) is 0 Å². The van der Waals surface area contributed by atoms with Crippen LogP contribution in [0.4, 0.5) is 19.2 Å². The van der Waals surface area contributed by atoms with Gasteiger partial charge < -0.3 is 18.9 Å². The van der Waals surface area contributed by atoms with Gasteiger partial charge in [0.1, 0.15) is 22.4 Å². The third-order valence-electron chi connectivity index (χ3n) is 11.8. The molecule has 0 spiro atoms. The Kier molecular flexibility index (Phi) is 13.7. The summed E-state index contributed by atoms with van der Waals surface area (Å²) in [6.07, 6.45) is 4.85. The fourth-order valence-corrected chi connectivity index (χ4v) is 8.91. The molecule has 0 radical (unpaired) electrons. The minimum absolute atomic E-state index is 0.486. The van der Waals surface area contributed by atoms with E-state index in [9.17, 15) is 19.2 Å². The molecule has 0 aliphatic heterocycles. The highest BCUT2D eigenvalue weighted by Gasteiger charge is 2.39. The van der Waals surface area contributed by atoms with E-state index in [1.54, 1.807) is 24.8 Å². The first-order valence-electron chi connectivity index (χ1n) is 24.4. The molecule has 4 heterocycles. The van der Waals surface area contributed by atoms with E-state index in [0.29, 0.717) is 22.8 Å². The Morgan fingerprint density at radius 2 is 0.466 bits per heavy atom. The van der Waals surface area contributed by atoms with Crippen LogP contribution < -0.4 is 0 Å². The Labute approximate surface area is 427 Å². The molecule has 8 aromatic rings. The van der Waals surface area contributed by atoms with E-state index in [0.717, 1.165) is 44.5 Å². The molecule has 0 unspecified atom stereocenters. The van der Waals surface area contributed by atoms with Gasteiger partial charge in [-0.15, -0.1) is 0 Å². The average molecular weight is 981 g/mol. The number of ether oxygens (including phenoxy) is 4. The Hall–Kier alpha value is -8.12. The normalized spacial score (nSPS) is 12.3. The lowest BCUT2D eigenvalue weighted by molar-refractivity contribution is 0.0528. The fraction of sp³-hybridized carbons (Fsp3) is 0.279. The first-order valence-corrected chi connectivity index (χ1v) is 24.4. The molecule has 12 nitrogen and oxygen atoms in total. The van der Waals surface area contributed by atoms with Crippen LogP contribution in [0.15, 0.2) is 170 Å². The van der Waals surface area contributed by atoms with Crippen LogP contribution in [0.3, 0.4) is 0 Å². The van der Waals surface area contributed by atoms with Crippen molar-refractivity contribution in [3.05, 3.63) is 193 Å². The van der Waals surface area contributed by atoms with Gasteiger partial charge in [-0.25, -0.2) is 19.2 Å². The van der Waals surface area contributed by atoms with Crippen molar-refractivity contribution in [3.8, 4) is 45.0 Å². The molecule has 0 atom stereocenters. The van der Waals surface area contributed by atoms with E-state index in [1.807, 2.05) is 180 Å². The summed E-state index contributed by atoms with van der Waals surface area (Å²) in [5.41, 5.74) is 5.60. The predicted molar refractivity (Wildman–Crippen MR) is 285 cm³/mol. The Morgan fingerprint density at radius 3 is 0.630 bits per heavy atom. The quantitative estimate of drug-likeness (QED) is 0.109. The predicted octanol–water partition coefficient (Wildman–Crippen LogP) is 15.1. The lowest BCUT2D eigenvalue weighted by Crippen LogP contribution is -2.31. The molecule has 12 heteroatoms. The first kappa shape index (κ1) is 51.2. The van der Waals surface area contributed by atoms with Crippen LogP contribution in [0.25, 0.3) is 45.0 Å². The molecule has 0 bridgehead atoms. The Morgan fingerprint density at radius 1 is 0.288 bits per heavy atom. The molecule has 0 saturated carbocycles. The van der Waals surface area contributed by atoms with Crippen molar-refractivity contribution < 1.29 is 38.1 Å². The lowest BCUT2D eigenvalue weighted by Gasteiger charge is -2.37. The zero-order chi connectivity index (χ0) is 52.7. The van der Waals surface area contributed by atoms with E-state index in [-0.39, 0.29) is 0 Å². The zero-order valence-corrected chi connectivity index (χ0v) is 43.7. The zero-order valence-electron chi connectivity index (χ0n) is 43.7. The van der Waals surface area contributed by atoms with E-state index in [1.165, 1.54) is 18.3 Å². The van der Waals surface area contributed by atoms with Gasteiger partial charge in [0.25, 0.3) is 0 Å². The number of hydrogen-bond donors (Lipinski definition) is 0. The third-order valence-corrected chi connectivity index (χ3v) is 11.8. The average Bonchev–Trinajstić information content (AvgIpc) is 4.16. The van der Waals surface area contributed by atoms with E-state index < -0.39 is 52.2 Å². The van der Waals surface area contributed by atoms with Gasteiger partial charge in [0.15, 0.2) is 0 Å². The van der Waals surface area contributed by atoms with Crippen LogP contribution in [0.5, 0.6) is 0 Å². The number of carbonyl (C=O) groups is 4. The summed E-state index contributed by atoms with van der Waals surface area (Å²) in [6, 6.07) is 47.5. The molecule has 0 N–H and O–H groups in total. The van der Waals surface area contributed by atoms with E-state index in [4.69, 9.17) is 18.9 Å². The van der Waals surface area contributed by atoms with Crippen molar-refractivity contribution in [2.45, 2.75) is 111 Å². The topological polar surface area (TPSA) is 125 Å². The van der Waals surface area contributed by atoms with E-state index in [2.05, 4.69) is 48.5 Å². The number of rotatable bonds is 8. The summed E-state index contributed by atoms with van der Waals surface area (Å²) < 4.78 is 29.1. The second kappa shape index (κ2) is 19.5. The van der Waals surface area contributed by atoms with Crippen LogP contribution in [0, 0.1) is 0 Å². The Bertz CT molecular complexity index is 2820. The maximum Gasteiger partial charge on any atom is 0.418 e. The van der Waals surface area contributed by atoms with Gasteiger partial charge in [-0.3, -0.25) is 18.3 Å². The molecule has 4 aromatic heterocycles. The molecule has 0 saturated heterocycles. The largest absolute Gasteiger partial charge is 0.443 e. The molecule has 4 aromatic carbocycles.